The van der Waals surface area contributed by atoms with Crippen LogP contribution in [0.1, 0.15) is 23.2 Å². The first-order valence-electron chi connectivity index (χ1n) is 9.45. The smallest absolute Gasteiger partial charge is 0.253 e. The summed E-state index contributed by atoms with van der Waals surface area (Å²) >= 11 is 0. The summed E-state index contributed by atoms with van der Waals surface area (Å²) in [6.45, 7) is 2.56. The first-order chi connectivity index (χ1) is 13.3. The fourth-order valence-electron chi connectivity index (χ4n) is 3.48. The fourth-order valence-corrected chi connectivity index (χ4v) is 3.48. The van der Waals surface area contributed by atoms with E-state index in [1.54, 1.807) is 0 Å². The van der Waals surface area contributed by atoms with Crippen molar-refractivity contribution < 1.29 is 14.3 Å². The van der Waals surface area contributed by atoms with Gasteiger partial charge in [0, 0.05) is 30.4 Å². The molecule has 2 aromatic carbocycles. The Balaban J connectivity index is 1.22. The molecule has 0 aliphatic carbocycles. The van der Waals surface area contributed by atoms with Crippen molar-refractivity contribution in [3.63, 3.8) is 0 Å². The number of nitrogens with one attached hydrogen (secondary N) is 1. The number of piperidine rings is 1. The van der Waals surface area contributed by atoms with Crippen LogP contribution in [-0.2, 0) is 4.74 Å². The molecule has 1 N–H and O–H groups in total. The van der Waals surface area contributed by atoms with Crippen LogP contribution in [0.2, 0.25) is 0 Å². The first-order valence-corrected chi connectivity index (χ1v) is 9.45. The predicted octanol–water partition coefficient (Wildman–Crippen LogP) is 3.87. The molecule has 1 fully saturated rings. The van der Waals surface area contributed by atoms with Crippen molar-refractivity contribution in [3.8, 4) is 5.75 Å². The summed E-state index contributed by atoms with van der Waals surface area (Å²) in [7, 11) is 0. The lowest BCUT2D eigenvalue weighted by Crippen LogP contribution is -2.41. The minimum atomic E-state index is 0.0948. The second-order valence-corrected chi connectivity index (χ2v) is 6.80. The highest BCUT2D eigenvalue weighted by Crippen LogP contribution is 2.19. The average molecular weight is 364 g/mol. The number of hydrogen-bond acceptors (Lipinski definition) is 3. The average Bonchev–Trinajstić information content (AvgIpc) is 3.20. The standard InChI is InChI=1S/C22H24N2O3/c25-22(18-7-6-17-8-11-23-21(17)16-18)24-12-9-20(10-13-24)27-15-14-26-19-4-2-1-3-5-19/h1-8,11,16,20,23H,9-10,12-15H2. The topological polar surface area (TPSA) is 54.6 Å². The van der Waals surface area contributed by atoms with Crippen molar-refractivity contribution in [3.05, 3.63) is 66.4 Å². The molecule has 3 aromatic rings. The zero-order valence-corrected chi connectivity index (χ0v) is 15.3. The van der Waals surface area contributed by atoms with E-state index in [-0.39, 0.29) is 12.0 Å². The van der Waals surface area contributed by atoms with Crippen LogP contribution in [0.4, 0.5) is 0 Å². The molecule has 1 aliphatic heterocycles. The van der Waals surface area contributed by atoms with Gasteiger partial charge in [0.15, 0.2) is 0 Å². The molecule has 1 amide bonds. The summed E-state index contributed by atoms with van der Waals surface area (Å²) in [6.07, 6.45) is 3.81. The van der Waals surface area contributed by atoms with E-state index in [1.165, 1.54) is 0 Å². The lowest BCUT2D eigenvalue weighted by atomic mass is 10.1. The molecule has 0 bridgehead atoms. The van der Waals surface area contributed by atoms with Crippen LogP contribution in [0, 0.1) is 0 Å². The third-order valence-corrected chi connectivity index (χ3v) is 4.98. The van der Waals surface area contributed by atoms with E-state index in [1.807, 2.05) is 65.7 Å². The number of aromatic amines is 1. The first kappa shape index (κ1) is 17.6. The van der Waals surface area contributed by atoms with Crippen molar-refractivity contribution >= 4 is 16.8 Å². The minimum absolute atomic E-state index is 0.0948. The summed E-state index contributed by atoms with van der Waals surface area (Å²) in [4.78, 5) is 17.8. The van der Waals surface area contributed by atoms with E-state index in [0.29, 0.717) is 13.2 Å². The second kappa shape index (κ2) is 8.27. The van der Waals surface area contributed by atoms with E-state index < -0.39 is 0 Å². The zero-order valence-electron chi connectivity index (χ0n) is 15.3. The monoisotopic (exact) mass is 364 g/mol. The molecule has 5 heteroatoms. The molecule has 0 unspecified atom stereocenters. The van der Waals surface area contributed by atoms with E-state index in [2.05, 4.69) is 4.98 Å². The number of benzene rings is 2. The maximum absolute atomic E-state index is 12.7. The molecule has 27 heavy (non-hydrogen) atoms. The van der Waals surface area contributed by atoms with Crippen LogP contribution in [0.3, 0.4) is 0 Å². The van der Waals surface area contributed by atoms with Gasteiger partial charge in [-0.3, -0.25) is 4.79 Å². The Hall–Kier alpha value is -2.79. The number of para-hydroxylation sites is 1. The summed E-state index contributed by atoms with van der Waals surface area (Å²) in [5, 5.41) is 1.12. The highest BCUT2D eigenvalue weighted by Gasteiger charge is 2.24. The minimum Gasteiger partial charge on any atom is -0.491 e. The summed E-state index contributed by atoms with van der Waals surface area (Å²) in [5.41, 5.74) is 1.73. The summed E-state index contributed by atoms with van der Waals surface area (Å²) in [6, 6.07) is 17.6. The Morgan fingerprint density at radius 1 is 1.04 bits per heavy atom. The van der Waals surface area contributed by atoms with Gasteiger partial charge in [0.1, 0.15) is 12.4 Å². The number of likely N-dealkylation sites (tertiary alicyclic amines) is 1. The van der Waals surface area contributed by atoms with Gasteiger partial charge in [0.25, 0.3) is 5.91 Å². The Labute approximate surface area is 158 Å². The number of fused-ring (bicyclic) bond motifs is 1. The molecule has 1 aromatic heterocycles. The number of carbonyl (C=O) groups excluding carboxylic acids is 1. The molecule has 0 atom stereocenters. The number of amides is 1. The number of aromatic nitrogens is 1. The van der Waals surface area contributed by atoms with Crippen molar-refractivity contribution in [2.75, 3.05) is 26.3 Å². The molecular weight excluding hydrogens is 340 g/mol. The van der Waals surface area contributed by atoms with Crippen molar-refractivity contribution in [1.29, 1.82) is 0 Å². The molecule has 4 rings (SSSR count). The van der Waals surface area contributed by atoms with Gasteiger partial charge in [-0.1, -0.05) is 24.3 Å². The SMILES string of the molecule is O=C(c1ccc2cc[nH]c2c1)N1CCC(OCCOc2ccccc2)CC1. The van der Waals surface area contributed by atoms with Gasteiger partial charge in [0.2, 0.25) is 0 Å². The molecule has 1 saturated heterocycles. The number of hydrogen-bond donors (Lipinski definition) is 1. The van der Waals surface area contributed by atoms with Crippen LogP contribution in [0.5, 0.6) is 5.75 Å². The number of H-pyrrole nitrogens is 1. The number of nitrogens with zero attached hydrogens (tertiary/aromatic N) is 1. The van der Waals surface area contributed by atoms with Gasteiger partial charge in [-0.15, -0.1) is 0 Å². The Morgan fingerprint density at radius 3 is 2.67 bits per heavy atom. The second-order valence-electron chi connectivity index (χ2n) is 6.80. The van der Waals surface area contributed by atoms with Crippen LogP contribution < -0.4 is 4.74 Å². The van der Waals surface area contributed by atoms with Crippen LogP contribution >= 0.6 is 0 Å². The number of rotatable bonds is 6. The molecule has 140 valence electrons. The van der Waals surface area contributed by atoms with E-state index in [4.69, 9.17) is 9.47 Å². The van der Waals surface area contributed by atoms with E-state index in [0.717, 1.165) is 48.1 Å². The summed E-state index contributed by atoms with van der Waals surface area (Å²) < 4.78 is 11.6. The number of carbonyl (C=O) groups is 1. The molecule has 0 radical (unpaired) electrons. The van der Waals surface area contributed by atoms with E-state index >= 15 is 0 Å². The highest BCUT2D eigenvalue weighted by molar-refractivity contribution is 5.98. The maximum atomic E-state index is 12.7. The maximum Gasteiger partial charge on any atom is 0.253 e. The Kier molecular flexibility index (Phi) is 5.39. The third kappa shape index (κ3) is 4.31. The van der Waals surface area contributed by atoms with Crippen molar-refractivity contribution in [1.82, 2.24) is 9.88 Å². The van der Waals surface area contributed by atoms with Crippen LogP contribution in [-0.4, -0.2) is 48.2 Å². The number of ether oxygens (including phenoxy) is 2. The Morgan fingerprint density at radius 2 is 1.85 bits per heavy atom. The van der Waals surface area contributed by atoms with Gasteiger partial charge in [-0.25, -0.2) is 0 Å². The van der Waals surface area contributed by atoms with Gasteiger partial charge >= 0.3 is 0 Å². The molecule has 5 nitrogen and oxygen atoms in total. The molecular formula is C22H24N2O3. The fraction of sp³-hybridized carbons (Fsp3) is 0.318. The van der Waals surface area contributed by atoms with Crippen LogP contribution in [0.25, 0.3) is 10.9 Å². The van der Waals surface area contributed by atoms with Gasteiger partial charge in [-0.05, 0) is 48.6 Å². The highest BCUT2D eigenvalue weighted by atomic mass is 16.5. The normalized spacial score (nSPS) is 15.2. The van der Waals surface area contributed by atoms with E-state index in [9.17, 15) is 4.79 Å². The lowest BCUT2D eigenvalue weighted by molar-refractivity contribution is -0.00238. The predicted molar refractivity (Wildman–Crippen MR) is 105 cm³/mol. The van der Waals surface area contributed by atoms with Gasteiger partial charge < -0.3 is 19.4 Å². The largest absolute Gasteiger partial charge is 0.491 e. The van der Waals surface area contributed by atoms with Gasteiger partial charge in [-0.2, -0.15) is 0 Å². The van der Waals surface area contributed by atoms with Crippen LogP contribution in [0.15, 0.2) is 60.8 Å². The van der Waals surface area contributed by atoms with Crippen molar-refractivity contribution in [2.24, 2.45) is 0 Å². The van der Waals surface area contributed by atoms with Gasteiger partial charge in [0.05, 0.1) is 12.7 Å². The molecule has 2 heterocycles. The third-order valence-electron chi connectivity index (χ3n) is 4.98. The zero-order chi connectivity index (χ0) is 18.5. The molecule has 0 spiro atoms. The quantitative estimate of drug-likeness (QED) is 0.676. The van der Waals surface area contributed by atoms with Crippen molar-refractivity contribution in [2.45, 2.75) is 18.9 Å². The summed E-state index contributed by atoms with van der Waals surface area (Å²) in [5.74, 6) is 0.956. The molecule has 0 saturated carbocycles. The molecule has 1 aliphatic rings. The Bertz CT molecular complexity index is 883. The lowest BCUT2D eigenvalue weighted by Gasteiger charge is -2.32.